The maximum Gasteiger partial charge on any atom is 0.264 e. The van der Waals surface area contributed by atoms with Crippen molar-refractivity contribution in [3.8, 4) is 0 Å². The molecule has 1 amide bonds. The van der Waals surface area contributed by atoms with E-state index in [2.05, 4.69) is 32.7 Å². The second-order valence-corrected chi connectivity index (χ2v) is 7.08. The van der Waals surface area contributed by atoms with Gasteiger partial charge >= 0.3 is 0 Å². The van der Waals surface area contributed by atoms with Crippen LogP contribution in [0.15, 0.2) is 24.4 Å². The molecule has 0 aromatic carbocycles. The second-order valence-electron chi connectivity index (χ2n) is 6.00. The number of carbonyl (C=O) groups is 1. The van der Waals surface area contributed by atoms with Crippen molar-refractivity contribution in [2.75, 3.05) is 13.1 Å². The van der Waals surface area contributed by atoms with Crippen LogP contribution >= 0.6 is 11.3 Å². The molecule has 0 atom stereocenters. The first-order valence-corrected chi connectivity index (χ1v) is 7.93. The Kier molecular flexibility index (Phi) is 4.76. The summed E-state index contributed by atoms with van der Waals surface area (Å²) < 4.78 is 1.07. The lowest BCUT2D eigenvalue weighted by molar-refractivity contribution is 0.0720. The molecular formula is C16H22N2OS. The number of pyridine rings is 1. The van der Waals surface area contributed by atoms with E-state index in [4.69, 9.17) is 0 Å². The topological polar surface area (TPSA) is 33.2 Å². The van der Waals surface area contributed by atoms with Crippen molar-refractivity contribution >= 4 is 27.5 Å². The lowest BCUT2D eigenvalue weighted by atomic mass is 10.1. The first-order valence-electron chi connectivity index (χ1n) is 7.11. The molecule has 2 aromatic rings. The molecule has 4 heteroatoms. The largest absolute Gasteiger partial charge is 0.337 e. The van der Waals surface area contributed by atoms with Crippen LogP contribution in [-0.2, 0) is 0 Å². The van der Waals surface area contributed by atoms with Gasteiger partial charge in [-0.25, -0.2) is 0 Å². The number of fused-ring (bicyclic) bond motifs is 1. The molecule has 3 nitrogen and oxygen atoms in total. The molecule has 0 radical (unpaired) electrons. The lowest BCUT2D eigenvalue weighted by Crippen LogP contribution is -2.36. The van der Waals surface area contributed by atoms with Crippen molar-refractivity contribution in [2.24, 2.45) is 11.8 Å². The van der Waals surface area contributed by atoms with Gasteiger partial charge in [0.15, 0.2) is 0 Å². The fraction of sp³-hybridized carbons (Fsp3) is 0.500. The van der Waals surface area contributed by atoms with Gasteiger partial charge in [-0.1, -0.05) is 27.7 Å². The summed E-state index contributed by atoms with van der Waals surface area (Å²) in [6.45, 7) is 10.2. The predicted octanol–water partition coefficient (Wildman–Crippen LogP) is 4.05. The van der Waals surface area contributed by atoms with E-state index in [1.807, 2.05) is 23.1 Å². The molecule has 2 rings (SSSR count). The van der Waals surface area contributed by atoms with E-state index >= 15 is 0 Å². The van der Waals surface area contributed by atoms with Gasteiger partial charge in [0.2, 0.25) is 0 Å². The Balaban J connectivity index is 2.25. The molecule has 2 aromatic heterocycles. The first kappa shape index (κ1) is 15.0. The molecule has 20 heavy (non-hydrogen) atoms. The lowest BCUT2D eigenvalue weighted by Gasteiger charge is -2.25. The van der Waals surface area contributed by atoms with E-state index < -0.39 is 0 Å². The van der Waals surface area contributed by atoms with E-state index in [-0.39, 0.29) is 5.91 Å². The minimum absolute atomic E-state index is 0.135. The smallest absolute Gasteiger partial charge is 0.264 e. The Hall–Kier alpha value is -1.42. The van der Waals surface area contributed by atoms with Crippen LogP contribution in [0.3, 0.4) is 0 Å². The quantitative estimate of drug-likeness (QED) is 0.832. The number of thiophene rings is 1. The van der Waals surface area contributed by atoms with Crippen LogP contribution in [0.4, 0.5) is 0 Å². The maximum atomic E-state index is 12.7. The van der Waals surface area contributed by atoms with Crippen LogP contribution < -0.4 is 0 Å². The molecular weight excluding hydrogens is 268 g/mol. The van der Waals surface area contributed by atoms with Gasteiger partial charge < -0.3 is 4.90 Å². The molecule has 0 bridgehead atoms. The van der Waals surface area contributed by atoms with Gasteiger partial charge in [0.05, 0.1) is 15.1 Å². The van der Waals surface area contributed by atoms with Crippen LogP contribution in [0.1, 0.15) is 37.4 Å². The number of rotatable bonds is 5. The summed E-state index contributed by atoms with van der Waals surface area (Å²) in [7, 11) is 0. The Labute approximate surface area is 124 Å². The van der Waals surface area contributed by atoms with Crippen molar-refractivity contribution < 1.29 is 4.79 Å². The van der Waals surface area contributed by atoms with Crippen molar-refractivity contribution in [1.29, 1.82) is 0 Å². The van der Waals surface area contributed by atoms with Crippen LogP contribution in [-0.4, -0.2) is 28.9 Å². The summed E-state index contributed by atoms with van der Waals surface area (Å²) in [5, 5.41) is 0. The molecule has 0 aliphatic rings. The zero-order valence-electron chi connectivity index (χ0n) is 12.6. The number of hydrogen-bond acceptors (Lipinski definition) is 3. The van der Waals surface area contributed by atoms with Crippen LogP contribution in [0, 0.1) is 11.8 Å². The molecule has 108 valence electrons. The molecule has 0 aliphatic heterocycles. The fourth-order valence-electron chi connectivity index (χ4n) is 2.25. The highest BCUT2D eigenvalue weighted by atomic mass is 32.1. The zero-order chi connectivity index (χ0) is 14.7. The van der Waals surface area contributed by atoms with Crippen molar-refractivity contribution in [2.45, 2.75) is 27.7 Å². The third-order valence-corrected chi connectivity index (χ3v) is 4.03. The zero-order valence-corrected chi connectivity index (χ0v) is 13.4. The summed E-state index contributed by atoms with van der Waals surface area (Å²) in [5.74, 6) is 1.09. The highest BCUT2D eigenvalue weighted by Gasteiger charge is 2.20. The molecule has 0 fully saturated rings. The molecule has 0 spiro atoms. The monoisotopic (exact) mass is 290 g/mol. The number of hydrogen-bond donors (Lipinski definition) is 0. The summed E-state index contributed by atoms with van der Waals surface area (Å²) in [6.07, 6.45) is 1.77. The van der Waals surface area contributed by atoms with Gasteiger partial charge in [-0.2, -0.15) is 0 Å². The molecule has 2 heterocycles. The Morgan fingerprint density at radius 3 is 2.45 bits per heavy atom. The van der Waals surface area contributed by atoms with Crippen molar-refractivity contribution in [1.82, 2.24) is 9.88 Å². The first-order chi connectivity index (χ1) is 9.47. The number of amides is 1. The maximum absolute atomic E-state index is 12.7. The third kappa shape index (κ3) is 3.57. The summed E-state index contributed by atoms with van der Waals surface area (Å²) >= 11 is 1.53. The highest BCUT2D eigenvalue weighted by molar-refractivity contribution is 7.20. The predicted molar refractivity (Wildman–Crippen MR) is 85.2 cm³/mol. The van der Waals surface area contributed by atoms with E-state index in [9.17, 15) is 4.79 Å². The average Bonchev–Trinajstić information content (AvgIpc) is 2.79. The molecule has 0 aliphatic carbocycles. The number of nitrogens with zero attached hydrogens (tertiary/aromatic N) is 2. The van der Waals surface area contributed by atoms with Gasteiger partial charge in [-0.3, -0.25) is 9.78 Å². The van der Waals surface area contributed by atoms with Gasteiger partial charge in [-0.05, 0) is 30.0 Å². The third-order valence-electron chi connectivity index (χ3n) is 2.96. The standard InChI is InChI=1S/C16H22N2OS/c1-11(2)9-18(10-12(3)4)16(19)15-8-13-14(20-15)6-5-7-17-13/h5-8,11-12H,9-10H2,1-4H3. The van der Waals surface area contributed by atoms with Crippen LogP contribution in [0.25, 0.3) is 10.2 Å². The fourth-order valence-corrected chi connectivity index (χ4v) is 3.24. The summed E-state index contributed by atoms with van der Waals surface area (Å²) in [5.41, 5.74) is 0.912. The van der Waals surface area contributed by atoms with E-state index in [1.165, 1.54) is 11.3 Å². The number of aromatic nitrogens is 1. The van der Waals surface area contributed by atoms with Gasteiger partial charge in [0, 0.05) is 19.3 Å². The molecule has 0 N–H and O–H groups in total. The van der Waals surface area contributed by atoms with E-state index in [0.717, 1.165) is 28.2 Å². The second kappa shape index (κ2) is 6.35. The molecule has 0 saturated heterocycles. The summed E-state index contributed by atoms with van der Waals surface area (Å²) in [4.78, 5) is 19.8. The minimum atomic E-state index is 0.135. The van der Waals surface area contributed by atoms with Gasteiger partial charge in [0.1, 0.15) is 0 Å². The van der Waals surface area contributed by atoms with E-state index in [0.29, 0.717) is 11.8 Å². The van der Waals surface area contributed by atoms with E-state index in [1.54, 1.807) is 6.20 Å². The Bertz CT molecular complexity index is 546. The highest BCUT2D eigenvalue weighted by Crippen LogP contribution is 2.25. The molecule has 0 saturated carbocycles. The average molecular weight is 290 g/mol. The van der Waals surface area contributed by atoms with Gasteiger partial charge in [-0.15, -0.1) is 11.3 Å². The molecule has 0 unspecified atom stereocenters. The van der Waals surface area contributed by atoms with Crippen LogP contribution in [0.2, 0.25) is 0 Å². The number of carbonyl (C=O) groups excluding carboxylic acids is 1. The SMILES string of the molecule is CC(C)CN(CC(C)C)C(=O)c1cc2ncccc2s1. The normalized spacial score (nSPS) is 11.5. The Morgan fingerprint density at radius 1 is 1.25 bits per heavy atom. The van der Waals surface area contributed by atoms with Crippen LogP contribution in [0.5, 0.6) is 0 Å². The Morgan fingerprint density at radius 2 is 1.90 bits per heavy atom. The minimum Gasteiger partial charge on any atom is -0.337 e. The van der Waals surface area contributed by atoms with Crippen molar-refractivity contribution in [3.05, 3.63) is 29.3 Å². The summed E-state index contributed by atoms with van der Waals surface area (Å²) in [6, 6.07) is 5.84. The van der Waals surface area contributed by atoms with Crippen molar-refractivity contribution in [3.63, 3.8) is 0 Å². The van der Waals surface area contributed by atoms with Gasteiger partial charge in [0.25, 0.3) is 5.91 Å².